The zero-order valence-corrected chi connectivity index (χ0v) is 43.6. The Kier molecular flexibility index (Phi) is 51.5. The number of unbranched alkanes of at least 4 members (excludes halogenated alkanes) is 18. The minimum atomic E-state index is -0.807. The molecule has 0 aliphatic carbocycles. The summed E-state index contributed by atoms with van der Waals surface area (Å²) in [5.74, 6) is -0.960. The molecule has 0 aromatic carbocycles. The van der Waals surface area contributed by atoms with E-state index < -0.39 is 6.10 Å². The summed E-state index contributed by atoms with van der Waals surface area (Å²) in [6.07, 6.45) is 77.1. The van der Waals surface area contributed by atoms with Gasteiger partial charge in [-0.2, -0.15) is 0 Å². The number of rotatable bonds is 47. The molecule has 1 atom stereocenters. The lowest BCUT2D eigenvalue weighted by Crippen LogP contribution is -2.30. The van der Waals surface area contributed by atoms with Crippen molar-refractivity contribution in [3.05, 3.63) is 134 Å². The Morgan fingerprint density at radius 2 is 0.632 bits per heavy atom. The molecule has 0 aliphatic rings. The van der Waals surface area contributed by atoms with Crippen LogP contribution in [0, 0.1) is 0 Å². The van der Waals surface area contributed by atoms with Crippen LogP contribution in [0.5, 0.6) is 0 Å². The van der Waals surface area contributed by atoms with E-state index in [0.717, 1.165) is 148 Å². The second kappa shape index (κ2) is 55.1. The van der Waals surface area contributed by atoms with Crippen LogP contribution < -0.4 is 0 Å². The fraction of sp³-hybridized carbons (Fsp3) is 0.597. The summed E-state index contributed by atoms with van der Waals surface area (Å²) in [5, 5.41) is 0. The quantitative estimate of drug-likeness (QED) is 0.0199. The van der Waals surface area contributed by atoms with Gasteiger partial charge in [0.2, 0.25) is 0 Å². The fourth-order valence-electron chi connectivity index (χ4n) is 6.97. The van der Waals surface area contributed by atoms with E-state index in [0.29, 0.717) is 19.3 Å². The Morgan fingerprint density at radius 3 is 1.03 bits per heavy atom. The third-order valence-electron chi connectivity index (χ3n) is 11.0. The normalized spacial score (nSPS) is 13.2. The Balaban J connectivity index is 4.52. The fourth-order valence-corrected chi connectivity index (χ4v) is 6.97. The number of ether oxygens (including phenoxy) is 3. The predicted molar refractivity (Wildman–Crippen MR) is 292 cm³/mol. The van der Waals surface area contributed by atoms with E-state index in [1.807, 2.05) is 24.3 Å². The molecule has 0 aromatic rings. The van der Waals surface area contributed by atoms with Crippen LogP contribution in [0.15, 0.2) is 134 Å². The van der Waals surface area contributed by atoms with Crippen LogP contribution >= 0.6 is 0 Å². The third-order valence-corrected chi connectivity index (χ3v) is 11.0. The Morgan fingerprint density at radius 1 is 0.324 bits per heavy atom. The molecule has 0 saturated carbocycles. The first-order valence-electron chi connectivity index (χ1n) is 27.3. The maximum absolute atomic E-state index is 12.8. The summed E-state index contributed by atoms with van der Waals surface area (Å²) in [5.41, 5.74) is 0. The molecule has 0 heterocycles. The van der Waals surface area contributed by atoms with Crippen molar-refractivity contribution < 1.29 is 28.6 Å². The van der Waals surface area contributed by atoms with Crippen molar-refractivity contribution in [3.63, 3.8) is 0 Å². The topological polar surface area (TPSA) is 78.9 Å². The van der Waals surface area contributed by atoms with Gasteiger partial charge in [0.25, 0.3) is 0 Å². The summed E-state index contributed by atoms with van der Waals surface area (Å²) in [6.45, 7) is 6.27. The monoisotopic (exact) mass is 939 g/mol. The molecule has 0 fully saturated rings. The molecule has 6 nitrogen and oxygen atoms in total. The summed E-state index contributed by atoms with van der Waals surface area (Å²) >= 11 is 0. The average Bonchev–Trinajstić information content (AvgIpc) is 3.34. The van der Waals surface area contributed by atoms with Gasteiger partial charge in [0.05, 0.1) is 0 Å². The molecule has 0 rings (SSSR count). The van der Waals surface area contributed by atoms with Gasteiger partial charge in [-0.1, -0.05) is 231 Å². The second-order valence-corrected chi connectivity index (χ2v) is 17.5. The minimum Gasteiger partial charge on any atom is -0.462 e. The van der Waals surface area contributed by atoms with Gasteiger partial charge in [-0.15, -0.1) is 0 Å². The molecule has 0 bridgehead atoms. The first-order valence-corrected chi connectivity index (χ1v) is 27.3. The zero-order valence-electron chi connectivity index (χ0n) is 43.6. The van der Waals surface area contributed by atoms with E-state index in [4.69, 9.17) is 14.2 Å². The van der Waals surface area contributed by atoms with Crippen molar-refractivity contribution in [3.8, 4) is 0 Å². The van der Waals surface area contributed by atoms with Crippen LogP contribution in [0.1, 0.15) is 220 Å². The van der Waals surface area contributed by atoms with Gasteiger partial charge < -0.3 is 14.2 Å². The molecule has 6 heteroatoms. The van der Waals surface area contributed by atoms with Crippen molar-refractivity contribution in [2.45, 2.75) is 226 Å². The molecule has 382 valence electrons. The molecule has 0 N–H and O–H groups in total. The van der Waals surface area contributed by atoms with Crippen LogP contribution in [0.4, 0.5) is 0 Å². The van der Waals surface area contributed by atoms with Gasteiger partial charge in [0, 0.05) is 19.3 Å². The van der Waals surface area contributed by atoms with Gasteiger partial charge in [-0.25, -0.2) is 0 Å². The molecular weight excluding hydrogens is 841 g/mol. The molecule has 0 saturated heterocycles. The van der Waals surface area contributed by atoms with E-state index in [9.17, 15) is 14.4 Å². The van der Waals surface area contributed by atoms with Crippen molar-refractivity contribution in [2.75, 3.05) is 13.2 Å². The van der Waals surface area contributed by atoms with Crippen molar-refractivity contribution in [2.24, 2.45) is 0 Å². The summed E-state index contributed by atoms with van der Waals surface area (Å²) in [6, 6.07) is 0. The number of esters is 3. The largest absolute Gasteiger partial charge is 0.462 e. The van der Waals surface area contributed by atoms with Crippen molar-refractivity contribution in [1.29, 1.82) is 0 Å². The van der Waals surface area contributed by atoms with Gasteiger partial charge in [-0.3, -0.25) is 14.4 Å². The average molecular weight is 939 g/mol. The Hall–Kier alpha value is -4.45. The number of hydrogen-bond donors (Lipinski definition) is 0. The highest BCUT2D eigenvalue weighted by molar-refractivity contribution is 5.71. The van der Waals surface area contributed by atoms with E-state index >= 15 is 0 Å². The number of hydrogen-bond acceptors (Lipinski definition) is 6. The van der Waals surface area contributed by atoms with Gasteiger partial charge >= 0.3 is 17.9 Å². The standard InChI is InChI=1S/C62H98O6/c1-4-7-10-13-16-19-22-25-28-31-32-35-37-40-43-46-49-52-55-61(64)67-58-59(68-62(65)56-53-50-47-44-41-38-34-30-27-24-21-18-15-12-9-6-3)57-66-60(63)54-51-48-45-42-39-36-33-29-26-23-20-17-14-11-8-5-2/h8-13,16-22,25-32,35,59H,4-7,14-15,23-24,33-34,36-58H2,1-3H3/b11-8-,12-9-,13-10-,19-16-,20-17-,21-18-,25-22-,29-26-,30-27-,31-28-,35-32-. The highest BCUT2D eigenvalue weighted by Gasteiger charge is 2.19. The molecule has 0 amide bonds. The lowest BCUT2D eigenvalue weighted by molar-refractivity contribution is -0.167. The minimum absolute atomic E-state index is 0.104. The maximum Gasteiger partial charge on any atom is 0.306 e. The van der Waals surface area contributed by atoms with E-state index in [1.54, 1.807) is 0 Å². The van der Waals surface area contributed by atoms with Gasteiger partial charge in [0.1, 0.15) is 13.2 Å². The summed E-state index contributed by atoms with van der Waals surface area (Å²) < 4.78 is 16.8. The van der Waals surface area contributed by atoms with Crippen LogP contribution in [-0.2, 0) is 28.6 Å². The van der Waals surface area contributed by atoms with E-state index in [2.05, 4.69) is 130 Å². The highest BCUT2D eigenvalue weighted by atomic mass is 16.6. The molecule has 0 aliphatic heterocycles. The molecule has 68 heavy (non-hydrogen) atoms. The van der Waals surface area contributed by atoms with Crippen LogP contribution in [-0.4, -0.2) is 37.2 Å². The van der Waals surface area contributed by atoms with Crippen molar-refractivity contribution in [1.82, 2.24) is 0 Å². The van der Waals surface area contributed by atoms with Gasteiger partial charge in [-0.05, 0) is 103 Å². The first kappa shape index (κ1) is 63.5. The molecule has 0 spiro atoms. The van der Waals surface area contributed by atoms with Crippen LogP contribution in [0.3, 0.4) is 0 Å². The van der Waals surface area contributed by atoms with Crippen LogP contribution in [0.2, 0.25) is 0 Å². The first-order chi connectivity index (χ1) is 33.5. The second-order valence-electron chi connectivity index (χ2n) is 17.5. The van der Waals surface area contributed by atoms with E-state index in [-0.39, 0.29) is 31.1 Å². The Bertz CT molecular complexity index is 1500. The van der Waals surface area contributed by atoms with Crippen molar-refractivity contribution >= 4 is 17.9 Å². The summed E-state index contributed by atoms with van der Waals surface area (Å²) in [4.78, 5) is 38.1. The molecule has 0 aromatic heterocycles. The number of carbonyl (C=O) groups excluding carboxylic acids is 3. The lowest BCUT2D eigenvalue weighted by atomic mass is 10.1. The highest BCUT2D eigenvalue weighted by Crippen LogP contribution is 2.14. The molecule has 0 radical (unpaired) electrons. The van der Waals surface area contributed by atoms with E-state index in [1.165, 1.54) is 32.1 Å². The number of allylic oxidation sites excluding steroid dienone is 22. The Labute approximate surface area is 417 Å². The predicted octanol–water partition coefficient (Wildman–Crippen LogP) is 18.3. The van der Waals surface area contributed by atoms with Crippen LogP contribution in [0.25, 0.3) is 0 Å². The molecular formula is C62H98O6. The SMILES string of the molecule is CC/C=C\C/C=C\C/C=C\CCCCCCCCC(=O)OCC(COC(=O)CCCCCCC\C=C/C=C\C=C/C=C\C=C/CCC)OC(=O)CCCCCCCC/C=C\C/C=C\C/C=C\CC. The number of carbonyl (C=O) groups is 3. The maximum atomic E-state index is 12.8. The molecule has 1 unspecified atom stereocenters. The zero-order chi connectivity index (χ0) is 49.3. The third kappa shape index (κ3) is 52.5. The van der Waals surface area contributed by atoms with Gasteiger partial charge in [0.15, 0.2) is 6.10 Å². The summed E-state index contributed by atoms with van der Waals surface area (Å²) in [7, 11) is 0. The lowest BCUT2D eigenvalue weighted by Gasteiger charge is -2.18. The smallest absolute Gasteiger partial charge is 0.306 e.